The molecular weight excluding hydrogens is 278 g/mol. The molecule has 0 aliphatic carbocycles. The maximum absolute atomic E-state index is 5.73. The molecule has 1 saturated heterocycles. The Bertz CT molecular complexity index is 630. The number of rotatable bonds is 5. The van der Waals surface area contributed by atoms with E-state index in [1.165, 1.54) is 5.69 Å². The molecular formula is C17H25N3O2. The zero-order valence-corrected chi connectivity index (χ0v) is 13.7. The van der Waals surface area contributed by atoms with Gasteiger partial charge in [-0.1, -0.05) is 0 Å². The normalized spacial score (nSPS) is 17.2. The number of hydrogen-bond acceptors (Lipinski definition) is 4. The first-order valence-corrected chi connectivity index (χ1v) is 8.06. The summed E-state index contributed by atoms with van der Waals surface area (Å²) in [6.07, 6.45) is 6.51. The molecule has 0 aromatic carbocycles. The largest absolute Gasteiger partial charge is 0.495 e. The van der Waals surface area contributed by atoms with Gasteiger partial charge < -0.3 is 9.47 Å². The topological polar surface area (TPSA) is 39.0 Å². The highest BCUT2D eigenvalue weighted by Gasteiger charge is 2.21. The van der Waals surface area contributed by atoms with Crippen molar-refractivity contribution in [1.82, 2.24) is 14.3 Å². The van der Waals surface area contributed by atoms with E-state index >= 15 is 0 Å². The second-order valence-electron chi connectivity index (χ2n) is 5.89. The lowest BCUT2D eigenvalue weighted by Gasteiger charge is -2.32. The first kappa shape index (κ1) is 15.3. The van der Waals surface area contributed by atoms with Crippen LogP contribution in [0.3, 0.4) is 0 Å². The van der Waals surface area contributed by atoms with E-state index in [1.54, 1.807) is 7.11 Å². The van der Waals surface area contributed by atoms with Gasteiger partial charge in [0.05, 0.1) is 18.9 Å². The van der Waals surface area contributed by atoms with Crippen LogP contribution in [0.5, 0.6) is 5.75 Å². The highest BCUT2D eigenvalue weighted by Crippen LogP contribution is 2.26. The number of hydrogen-bond donors (Lipinski definition) is 0. The Labute approximate surface area is 131 Å². The van der Waals surface area contributed by atoms with E-state index in [4.69, 9.17) is 9.47 Å². The highest BCUT2D eigenvalue weighted by molar-refractivity contribution is 5.53. The van der Waals surface area contributed by atoms with Gasteiger partial charge in [-0.15, -0.1) is 0 Å². The summed E-state index contributed by atoms with van der Waals surface area (Å²) >= 11 is 0. The molecule has 2 aromatic heterocycles. The van der Waals surface area contributed by atoms with Gasteiger partial charge in [-0.2, -0.15) is 0 Å². The SMILES string of the molecule is CCOC1CCN(Cc2c(OC)cc(C)c3nccn23)CC1. The van der Waals surface area contributed by atoms with Crippen molar-refractivity contribution >= 4 is 5.65 Å². The summed E-state index contributed by atoms with van der Waals surface area (Å²) in [6, 6.07) is 2.09. The molecule has 0 saturated carbocycles. The van der Waals surface area contributed by atoms with Crippen LogP contribution in [0.25, 0.3) is 5.65 Å². The number of likely N-dealkylation sites (tertiary alicyclic amines) is 1. The molecule has 0 amide bonds. The minimum atomic E-state index is 0.425. The van der Waals surface area contributed by atoms with E-state index < -0.39 is 0 Å². The zero-order chi connectivity index (χ0) is 15.5. The Morgan fingerprint density at radius 2 is 2.09 bits per heavy atom. The molecule has 3 rings (SSSR count). The van der Waals surface area contributed by atoms with Crippen LogP contribution in [0.4, 0.5) is 0 Å². The summed E-state index contributed by atoms with van der Waals surface area (Å²) in [6.45, 7) is 7.97. The quantitative estimate of drug-likeness (QED) is 0.851. The molecule has 2 aromatic rings. The van der Waals surface area contributed by atoms with Crippen LogP contribution in [0.2, 0.25) is 0 Å². The number of aromatic nitrogens is 2. The third-order valence-electron chi connectivity index (χ3n) is 4.45. The molecule has 0 bridgehead atoms. The van der Waals surface area contributed by atoms with Gasteiger partial charge in [-0.05, 0) is 38.3 Å². The molecule has 3 heterocycles. The molecule has 1 aliphatic rings. The fourth-order valence-electron chi connectivity index (χ4n) is 3.29. The third-order valence-corrected chi connectivity index (χ3v) is 4.45. The van der Waals surface area contributed by atoms with Gasteiger partial charge in [0.15, 0.2) is 0 Å². The van der Waals surface area contributed by atoms with Gasteiger partial charge in [0.25, 0.3) is 0 Å². The Kier molecular flexibility index (Phi) is 4.64. The van der Waals surface area contributed by atoms with Crippen LogP contribution >= 0.6 is 0 Å². The van der Waals surface area contributed by atoms with Crippen molar-refractivity contribution in [3.63, 3.8) is 0 Å². The van der Waals surface area contributed by atoms with Gasteiger partial charge in [0.1, 0.15) is 11.4 Å². The van der Waals surface area contributed by atoms with Crippen LogP contribution in [0.15, 0.2) is 18.5 Å². The molecule has 0 radical (unpaired) electrons. The molecule has 1 fully saturated rings. The summed E-state index contributed by atoms with van der Waals surface area (Å²) in [5, 5.41) is 0. The summed E-state index contributed by atoms with van der Waals surface area (Å²) < 4.78 is 13.5. The highest BCUT2D eigenvalue weighted by atomic mass is 16.5. The average Bonchev–Trinajstić information content (AvgIpc) is 3.02. The first-order chi connectivity index (χ1) is 10.7. The molecule has 1 aliphatic heterocycles. The van der Waals surface area contributed by atoms with E-state index in [1.807, 2.05) is 12.4 Å². The van der Waals surface area contributed by atoms with Crippen LogP contribution < -0.4 is 4.74 Å². The van der Waals surface area contributed by atoms with Gasteiger partial charge in [-0.3, -0.25) is 9.30 Å². The van der Waals surface area contributed by atoms with Crippen LogP contribution in [-0.4, -0.2) is 47.2 Å². The zero-order valence-electron chi connectivity index (χ0n) is 13.7. The monoisotopic (exact) mass is 303 g/mol. The molecule has 0 N–H and O–H groups in total. The molecule has 120 valence electrons. The Morgan fingerprint density at radius 1 is 1.32 bits per heavy atom. The molecule has 5 heteroatoms. The van der Waals surface area contributed by atoms with Crippen molar-refractivity contribution in [2.24, 2.45) is 0 Å². The van der Waals surface area contributed by atoms with Crippen molar-refractivity contribution in [3.05, 3.63) is 29.7 Å². The van der Waals surface area contributed by atoms with Crippen LogP contribution in [0, 0.1) is 6.92 Å². The van der Waals surface area contributed by atoms with Gasteiger partial charge in [-0.25, -0.2) is 4.98 Å². The molecule has 0 unspecified atom stereocenters. The standard InChI is InChI=1S/C17H25N3O2/c1-4-22-14-5-8-19(9-6-14)12-15-16(21-3)11-13(2)17-18-7-10-20(15)17/h7,10-11,14H,4-6,8-9,12H2,1-3H3. The van der Waals surface area contributed by atoms with Crippen molar-refractivity contribution in [2.75, 3.05) is 26.8 Å². The van der Waals surface area contributed by atoms with Gasteiger partial charge in [0, 0.05) is 38.6 Å². The first-order valence-electron chi connectivity index (χ1n) is 8.06. The minimum absolute atomic E-state index is 0.425. The number of aryl methyl sites for hydroxylation is 1. The third kappa shape index (κ3) is 2.96. The average molecular weight is 303 g/mol. The predicted octanol–water partition coefficient (Wildman–Crippen LogP) is 2.65. The smallest absolute Gasteiger partial charge is 0.140 e. The minimum Gasteiger partial charge on any atom is -0.495 e. The summed E-state index contributed by atoms with van der Waals surface area (Å²) in [7, 11) is 1.74. The van der Waals surface area contributed by atoms with Crippen molar-refractivity contribution in [3.8, 4) is 5.75 Å². The van der Waals surface area contributed by atoms with E-state index in [2.05, 4.69) is 34.2 Å². The summed E-state index contributed by atoms with van der Waals surface area (Å²) in [5.74, 6) is 0.940. The van der Waals surface area contributed by atoms with Gasteiger partial charge >= 0.3 is 0 Å². The fraction of sp³-hybridized carbons (Fsp3) is 0.588. The lowest BCUT2D eigenvalue weighted by atomic mass is 10.1. The number of ether oxygens (including phenoxy) is 2. The van der Waals surface area contributed by atoms with Crippen molar-refractivity contribution in [2.45, 2.75) is 39.3 Å². The molecule has 22 heavy (non-hydrogen) atoms. The molecule has 0 atom stereocenters. The lowest BCUT2D eigenvalue weighted by Crippen LogP contribution is -2.37. The number of pyridine rings is 1. The van der Waals surface area contributed by atoms with E-state index in [-0.39, 0.29) is 0 Å². The summed E-state index contributed by atoms with van der Waals surface area (Å²) in [5.41, 5.74) is 3.33. The molecule has 5 nitrogen and oxygen atoms in total. The predicted molar refractivity (Wildman–Crippen MR) is 86.4 cm³/mol. The van der Waals surface area contributed by atoms with Crippen molar-refractivity contribution in [1.29, 1.82) is 0 Å². The Morgan fingerprint density at radius 3 is 2.77 bits per heavy atom. The van der Waals surface area contributed by atoms with Crippen LogP contribution in [0.1, 0.15) is 31.0 Å². The van der Waals surface area contributed by atoms with Crippen LogP contribution in [-0.2, 0) is 11.3 Å². The maximum Gasteiger partial charge on any atom is 0.140 e. The number of piperidine rings is 1. The number of methoxy groups -OCH3 is 1. The Balaban J connectivity index is 1.79. The van der Waals surface area contributed by atoms with E-state index in [9.17, 15) is 0 Å². The van der Waals surface area contributed by atoms with Crippen molar-refractivity contribution < 1.29 is 9.47 Å². The maximum atomic E-state index is 5.73. The second-order valence-corrected chi connectivity index (χ2v) is 5.89. The molecule has 0 spiro atoms. The van der Waals surface area contributed by atoms with E-state index in [0.29, 0.717) is 6.10 Å². The number of imidazole rings is 1. The summed E-state index contributed by atoms with van der Waals surface area (Å²) in [4.78, 5) is 6.93. The fourth-order valence-corrected chi connectivity index (χ4v) is 3.29. The lowest BCUT2D eigenvalue weighted by molar-refractivity contribution is 0.0120. The Hall–Kier alpha value is -1.59. The second kappa shape index (κ2) is 6.67. The van der Waals surface area contributed by atoms with E-state index in [0.717, 1.165) is 56.0 Å². The van der Waals surface area contributed by atoms with Gasteiger partial charge in [0.2, 0.25) is 0 Å². The number of nitrogens with zero attached hydrogens (tertiary/aromatic N) is 3. The number of fused-ring (bicyclic) bond motifs is 1.